The van der Waals surface area contributed by atoms with E-state index in [1.54, 1.807) is 22.7 Å². The summed E-state index contributed by atoms with van der Waals surface area (Å²) in [6.45, 7) is 4.09. The molecule has 0 aromatic carbocycles. The zero-order valence-electron chi connectivity index (χ0n) is 8.19. The zero-order valence-corrected chi connectivity index (χ0v) is 9.82. The lowest BCUT2D eigenvalue weighted by molar-refractivity contribution is 0.250. The number of thiophene rings is 2. The zero-order chi connectivity index (χ0) is 9.97. The van der Waals surface area contributed by atoms with E-state index in [1.165, 1.54) is 9.75 Å². The molecule has 3 heteroatoms. The largest absolute Gasteiger partial charge is 0.481 e. The number of hydrogen-bond acceptors (Lipinski definition) is 3. The molecule has 0 aliphatic carbocycles. The average Bonchev–Trinajstić information content (AvgIpc) is 2.69. The molecule has 74 valence electrons. The molecule has 0 atom stereocenters. The third-order valence-corrected chi connectivity index (χ3v) is 3.74. The van der Waals surface area contributed by atoms with E-state index >= 15 is 0 Å². The monoisotopic (exact) mass is 224 g/mol. The molecule has 2 heterocycles. The molecule has 0 bridgehead atoms. The minimum atomic E-state index is 0.254. The second-order valence-electron chi connectivity index (χ2n) is 3.26. The maximum atomic E-state index is 5.62. The highest BCUT2D eigenvalue weighted by Gasteiger charge is 2.05. The van der Waals surface area contributed by atoms with Crippen LogP contribution in [0.15, 0.2) is 29.6 Å². The Kier molecular flexibility index (Phi) is 2.89. The van der Waals surface area contributed by atoms with Crippen LogP contribution in [0.4, 0.5) is 0 Å². The van der Waals surface area contributed by atoms with Crippen LogP contribution in [0.25, 0.3) is 9.75 Å². The molecule has 0 aliphatic heterocycles. The first-order valence-corrected chi connectivity index (χ1v) is 6.25. The van der Waals surface area contributed by atoms with Crippen LogP contribution >= 0.6 is 22.7 Å². The predicted molar refractivity (Wildman–Crippen MR) is 63.4 cm³/mol. The van der Waals surface area contributed by atoms with E-state index < -0.39 is 0 Å². The third kappa shape index (κ3) is 2.16. The normalized spacial score (nSPS) is 10.8. The van der Waals surface area contributed by atoms with Crippen LogP contribution in [-0.4, -0.2) is 6.10 Å². The first-order valence-electron chi connectivity index (χ1n) is 4.56. The highest BCUT2D eigenvalue weighted by molar-refractivity contribution is 7.22. The van der Waals surface area contributed by atoms with Gasteiger partial charge in [0.25, 0.3) is 0 Å². The van der Waals surface area contributed by atoms with E-state index in [0.717, 1.165) is 5.06 Å². The Morgan fingerprint density at radius 1 is 1.14 bits per heavy atom. The van der Waals surface area contributed by atoms with Crippen LogP contribution in [0, 0.1) is 0 Å². The molecule has 2 aromatic rings. The van der Waals surface area contributed by atoms with Gasteiger partial charge in [0.1, 0.15) is 0 Å². The molecule has 0 unspecified atom stereocenters. The van der Waals surface area contributed by atoms with Gasteiger partial charge in [0.15, 0.2) is 5.06 Å². The Bertz CT molecular complexity index is 387. The van der Waals surface area contributed by atoms with Gasteiger partial charge in [-0.1, -0.05) is 17.4 Å². The second-order valence-corrected chi connectivity index (χ2v) is 5.26. The lowest BCUT2D eigenvalue weighted by atomic mass is 10.4. The first-order chi connectivity index (χ1) is 6.75. The van der Waals surface area contributed by atoms with Crippen LogP contribution in [-0.2, 0) is 0 Å². The van der Waals surface area contributed by atoms with Gasteiger partial charge in [0.2, 0.25) is 0 Å². The molecular weight excluding hydrogens is 212 g/mol. The molecule has 0 fully saturated rings. The van der Waals surface area contributed by atoms with Crippen molar-refractivity contribution in [3.05, 3.63) is 29.6 Å². The first kappa shape index (κ1) is 9.74. The van der Waals surface area contributed by atoms with Crippen molar-refractivity contribution in [3.8, 4) is 14.8 Å². The average molecular weight is 224 g/mol. The van der Waals surface area contributed by atoms with Gasteiger partial charge in [0.05, 0.1) is 6.10 Å². The smallest absolute Gasteiger partial charge is 0.174 e. The van der Waals surface area contributed by atoms with E-state index in [2.05, 4.69) is 23.6 Å². The number of hydrogen-bond donors (Lipinski definition) is 0. The quantitative estimate of drug-likeness (QED) is 0.756. The fraction of sp³-hybridized carbons (Fsp3) is 0.273. The summed E-state index contributed by atoms with van der Waals surface area (Å²) >= 11 is 3.47. The maximum Gasteiger partial charge on any atom is 0.174 e. The Morgan fingerprint density at radius 3 is 2.64 bits per heavy atom. The molecule has 0 saturated heterocycles. The van der Waals surface area contributed by atoms with Crippen molar-refractivity contribution in [1.82, 2.24) is 0 Å². The van der Waals surface area contributed by atoms with Crippen LogP contribution in [0.1, 0.15) is 13.8 Å². The maximum absolute atomic E-state index is 5.62. The lowest BCUT2D eigenvalue weighted by Gasteiger charge is -2.05. The van der Waals surface area contributed by atoms with E-state index in [9.17, 15) is 0 Å². The highest BCUT2D eigenvalue weighted by Crippen LogP contribution is 2.35. The van der Waals surface area contributed by atoms with Crippen LogP contribution in [0.5, 0.6) is 5.06 Å². The van der Waals surface area contributed by atoms with Gasteiger partial charge in [-0.2, -0.15) is 0 Å². The minimum absolute atomic E-state index is 0.254. The fourth-order valence-corrected chi connectivity index (χ4v) is 2.98. The molecule has 0 aliphatic rings. The van der Waals surface area contributed by atoms with E-state index in [-0.39, 0.29) is 6.10 Å². The van der Waals surface area contributed by atoms with Gasteiger partial charge >= 0.3 is 0 Å². The molecule has 2 rings (SSSR count). The number of rotatable bonds is 3. The summed E-state index contributed by atoms with van der Waals surface area (Å²) in [7, 11) is 0. The standard InChI is InChI=1S/C11H12OS2/c1-8(2)12-11-6-5-10(14-11)9-4-3-7-13-9/h3-8H,1-2H3. The Morgan fingerprint density at radius 2 is 2.00 bits per heavy atom. The summed E-state index contributed by atoms with van der Waals surface area (Å²) in [5, 5.41) is 3.10. The van der Waals surface area contributed by atoms with E-state index in [1.807, 2.05) is 19.9 Å². The molecule has 0 radical (unpaired) electrons. The van der Waals surface area contributed by atoms with Gasteiger partial charge in [0, 0.05) is 9.75 Å². The summed E-state index contributed by atoms with van der Waals surface area (Å²) in [5.74, 6) is 0. The summed E-state index contributed by atoms with van der Waals surface area (Å²) in [5.41, 5.74) is 0. The van der Waals surface area contributed by atoms with Crippen molar-refractivity contribution < 1.29 is 4.74 Å². The molecular formula is C11H12OS2. The summed E-state index contributed by atoms with van der Waals surface area (Å²) in [6.07, 6.45) is 0.254. The van der Waals surface area contributed by atoms with Gasteiger partial charge < -0.3 is 4.74 Å². The lowest BCUT2D eigenvalue weighted by Crippen LogP contribution is -2.03. The molecule has 0 amide bonds. The molecule has 2 aromatic heterocycles. The number of ether oxygens (including phenoxy) is 1. The van der Waals surface area contributed by atoms with E-state index in [0.29, 0.717) is 0 Å². The minimum Gasteiger partial charge on any atom is -0.481 e. The van der Waals surface area contributed by atoms with Crippen LogP contribution in [0.3, 0.4) is 0 Å². The second kappa shape index (κ2) is 4.15. The van der Waals surface area contributed by atoms with E-state index in [4.69, 9.17) is 4.74 Å². The van der Waals surface area contributed by atoms with Crippen molar-refractivity contribution in [2.45, 2.75) is 20.0 Å². The van der Waals surface area contributed by atoms with Crippen molar-refractivity contribution in [1.29, 1.82) is 0 Å². The topological polar surface area (TPSA) is 9.23 Å². The Labute approximate surface area is 92.0 Å². The fourth-order valence-electron chi connectivity index (χ4n) is 1.17. The Hall–Kier alpha value is -0.800. The summed E-state index contributed by atoms with van der Waals surface area (Å²) < 4.78 is 5.62. The molecule has 1 nitrogen and oxygen atoms in total. The highest BCUT2D eigenvalue weighted by atomic mass is 32.1. The summed E-state index contributed by atoms with van der Waals surface area (Å²) in [4.78, 5) is 2.60. The molecule has 0 saturated carbocycles. The summed E-state index contributed by atoms with van der Waals surface area (Å²) in [6, 6.07) is 8.37. The third-order valence-electron chi connectivity index (χ3n) is 1.70. The van der Waals surface area contributed by atoms with Gasteiger partial charge in [-0.3, -0.25) is 0 Å². The van der Waals surface area contributed by atoms with Gasteiger partial charge in [-0.05, 0) is 37.4 Å². The van der Waals surface area contributed by atoms with Gasteiger partial charge in [-0.25, -0.2) is 0 Å². The Balaban J connectivity index is 2.18. The molecule has 0 N–H and O–H groups in total. The van der Waals surface area contributed by atoms with Crippen molar-refractivity contribution in [3.63, 3.8) is 0 Å². The molecule has 0 spiro atoms. The van der Waals surface area contributed by atoms with Crippen molar-refractivity contribution in [2.75, 3.05) is 0 Å². The van der Waals surface area contributed by atoms with Crippen LogP contribution in [0.2, 0.25) is 0 Å². The molecule has 14 heavy (non-hydrogen) atoms. The van der Waals surface area contributed by atoms with Crippen molar-refractivity contribution >= 4 is 22.7 Å². The SMILES string of the molecule is CC(C)Oc1ccc(-c2cccs2)s1. The van der Waals surface area contributed by atoms with Gasteiger partial charge in [-0.15, -0.1) is 11.3 Å². The predicted octanol–water partition coefficient (Wildman–Crippen LogP) is 4.26. The van der Waals surface area contributed by atoms with Crippen molar-refractivity contribution in [2.24, 2.45) is 0 Å². The van der Waals surface area contributed by atoms with Crippen LogP contribution < -0.4 is 4.74 Å².